The molecule has 0 amide bonds. The molecule has 2 nitrogen and oxygen atoms in total. The molecule has 0 aliphatic carbocycles. The zero-order valence-electron chi connectivity index (χ0n) is 9.01. The number of carbonyl (C=O) groups excluding carboxylic acids is 1. The first-order valence-electron chi connectivity index (χ1n) is 4.97. The van der Waals surface area contributed by atoms with Gasteiger partial charge in [-0.1, -0.05) is 6.08 Å². The normalized spacial score (nSPS) is 14.4. The number of rotatable bonds is 7. The molecule has 0 rings (SSSR count). The van der Waals surface area contributed by atoms with E-state index in [9.17, 15) is 9.18 Å². The molecule has 1 unspecified atom stereocenters. The number of carbonyl (C=O) groups is 1. The van der Waals surface area contributed by atoms with Crippen molar-refractivity contribution in [2.75, 3.05) is 6.61 Å². The van der Waals surface area contributed by atoms with Crippen molar-refractivity contribution in [1.29, 1.82) is 0 Å². The topological polar surface area (TPSA) is 26.3 Å². The van der Waals surface area contributed by atoms with E-state index in [-0.39, 0.29) is 18.8 Å². The predicted molar refractivity (Wildman–Crippen MR) is 57.7 cm³/mol. The minimum absolute atomic E-state index is 0.151. The fraction of sp³-hybridized carbons (Fsp3) is 0.700. The largest absolute Gasteiger partial charge is 0.466 e. The van der Waals surface area contributed by atoms with Gasteiger partial charge < -0.3 is 4.74 Å². The Hall–Kier alpha value is -0.795. The van der Waals surface area contributed by atoms with Gasteiger partial charge in [-0.15, -0.1) is 6.58 Å². The average molecular weight is 200 g/mol. The molecular formula is C10H18BFO2. The van der Waals surface area contributed by atoms with E-state index < -0.39 is 5.57 Å². The van der Waals surface area contributed by atoms with E-state index in [1.165, 1.54) is 7.85 Å². The highest BCUT2D eigenvalue weighted by molar-refractivity contribution is 6.14. The highest BCUT2D eigenvalue weighted by atomic mass is 19.1. The second-order valence-electron chi connectivity index (χ2n) is 3.55. The van der Waals surface area contributed by atoms with E-state index in [1.807, 2.05) is 0 Å². The van der Waals surface area contributed by atoms with Gasteiger partial charge >= 0.3 is 5.97 Å². The van der Waals surface area contributed by atoms with Gasteiger partial charge in [0.05, 0.1) is 12.2 Å². The third-order valence-corrected chi connectivity index (χ3v) is 2.03. The lowest BCUT2D eigenvalue weighted by Gasteiger charge is -2.18. The van der Waals surface area contributed by atoms with Crippen molar-refractivity contribution in [2.24, 2.45) is 0 Å². The van der Waals surface area contributed by atoms with Crippen molar-refractivity contribution in [2.45, 2.75) is 38.2 Å². The Kier molecular flexibility index (Phi) is 6.25. The van der Waals surface area contributed by atoms with E-state index in [4.69, 9.17) is 4.74 Å². The maximum atomic E-state index is 13.6. The fourth-order valence-electron chi connectivity index (χ4n) is 1.12. The Morgan fingerprint density at radius 2 is 2.29 bits per heavy atom. The summed E-state index contributed by atoms with van der Waals surface area (Å²) in [5, 5.41) is 0. The number of esters is 1. The minimum Gasteiger partial charge on any atom is -0.466 e. The van der Waals surface area contributed by atoms with Crippen molar-refractivity contribution in [3.63, 3.8) is 0 Å². The van der Waals surface area contributed by atoms with Crippen molar-refractivity contribution in [3.8, 4) is 0 Å². The maximum absolute atomic E-state index is 13.6. The monoisotopic (exact) mass is 200 g/mol. The van der Waals surface area contributed by atoms with Gasteiger partial charge in [0.15, 0.2) is 0 Å². The van der Waals surface area contributed by atoms with Crippen molar-refractivity contribution < 1.29 is 13.9 Å². The van der Waals surface area contributed by atoms with Gasteiger partial charge in [-0.3, -0.25) is 9.18 Å². The lowest BCUT2D eigenvalue weighted by Crippen LogP contribution is -2.24. The highest BCUT2D eigenvalue weighted by Gasteiger charge is 2.23. The van der Waals surface area contributed by atoms with Gasteiger partial charge in [0.25, 0.3) is 0 Å². The fourth-order valence-corrected chi connectivity index (χ4v) is 1.12. The molecule has 14 heavy (non-hydrogen) atoms. The van der Waals surface area contributed by atoms with Crippen LogP contribution < -0.4 is 0 Å². The molecule has 0 heterocycles. The molecule has 0 aromatic rings. The predicted octanol–water partition coefficient (Wildman–Crippen LogP) is 1.59. The van der Waals surface area contributed by atoms with Crippen LogP contribution in [0, 0.1) is 0 Å². The number of hydrogen-bond donors (Lipinski definition) is 0. The summed E-state index contributed by atoms with van der Waals surface area (Å²) in [6.07, 6.45) is 3.10. The molecule has 0 radical (unpaired) electrons. The molecular weight excluding hydrogens is 182 g/mol. The molecule has 1 atom stereocenters. The van der Waals surface area contributed by atoms with Crippen LogP contribution in [0.2, 0.25) is 0 Å². The van der Waals surface area contributed by atoms with Gasteiger partial charge in [0, 0.05) is 6.42 Å². The molecule has 0 fully saturated rings. The zero-order valence-corrected chi connectivity index (χ0v) is 9.01. The third kappa shape index (κ3) is 6.69. The second-order valence-corrected chi connectivity index (χ2v) is 3.55. The molecule has 80 valence electrons. The molecule has 0 aromatic heterocycles. The van der Waals surface area contributed by atoms with Gasteiger partial charge in [-0.25, -0.2) is 0 Å². The first-order chi connectivity index (χ1) is 6.52. The van der Waals surface area contributed by atoms with Gasteiger partial charge in [0.2, 0.25) is 0 Å². The summed E-state index contributed by atoms with van der Waals surface area (Å²) in [7, 11) is 1.51. The lowest BCUT2D eigenvalue weighted by atomic mass is 9.76. The molecule has 0 aliphatic heterocycles. The molecule has 0 N–H and O–H groups in total. The number of alkyl halides is 1. The first kappa shape index (κ1) is 13.2. The standard InChI is InChI=1S/C10H18BFO2/c1-3-5-7-10(11,12)8-6-9(13)14-4-2/h3H,1,4-8,11H2,2H3. The lowest BCUT2D eigenvalue weighted by molar-refractivity contribution is -0.143. The summed E-state index contributed by atoms with van der Waals surface area (Å²) in [5.74, 6) is -0.324. The van der Waals surface area contributed by atoms with E-state index in [1.54, 1.807) is 13.0 Å². The Bertz CT molecular complexity index is 193. The smallest absolute Gasteiger partial charge is 0.305 e. The molecule has 0 saturated carbocycles. The van der Waals surface area contributed by atoms with Crippen molar-refractivity contribution in [1.82, 2.24) is 0 Å². The first-order valence-corrected chi connectivity index (χ1v) is 4.97. The summed E-state index contributed by atoms with van der Waals surface area (Å²) in [5.41, 5.74) is -1.29. The van der Waals surface area contributed by atoms with E-state index >= 15 is 0 Å². The summed E-state index contributed by atoms with van der Waals surface area (Å²) in [6, 6.07) is 0. The molecule has 0 bridgehead atoms. The maximum Gasteiger partial charge on any atom is 0.305 e. The third-order valence-electron chi connectivity index (χ3n) is 2.03. The summed E-state index contributed by atoms with van der Waals surface area (Å²) < 4.78 is 18.3. The zero-order chi connectivity index (χ0) is 11.0. The van der Waals surface area contributed by atoms with Gasteiger partial charge in [-0.05, 0) is 26.2 Å². The summed E-state index contributed by atoms with van der Waals surface area (Å²) in [4.78, 5) is 11.0. The van der Waals surface area contributed by atoms with Crippen LogP contribution in [0.25, 0.3) is 0 Å². The van der Waals surface area contributed by atoms with Crippen LogP contribution in [0.1, 0.15) is 32.6 Å². The Balaban J connectivity index is 3.73. The van der Waals surface area contributed by atoms with Crippen LogP contribution in [-0.2, 0) is 9.53 Å². The molecule has 0 aromatic carbocycles. The number of allylic oxidation sites excluding steroid dienone is 1. The average Bonchev–Trinajstić information content (AvgIpc) is 2.13. The summed E-state index contributed by atoms with van der Waals surface area (Å²) >= 11 is 0. The van der Waals surface area contributed by atoms with Gasteiger partial charge in [0.1, 0.15) is 7.85 Å². The Morgan fingerprint density at radius 3 is 2.79 bits per heavy atom. The van der Waals surface area contributed by atoms with Crippen molar-refractivity contribution in [3.05, 3.63) is 12.7 Å². The SMILES string of the molecule is BC(F)(CCC=C)CCC(=O)OCC. The van der Waals surface area contributed by atoms with Crippen LogP contribution >= 0.6 is 0 Å². The molecule has 4 heteroatoms. The Morgan fingerprint density at radius 1 is 1.64 bits per heavy atom. The minimum atomic E-state index is -1.29. The van der Waals surface area contributed by atoms with Crippen LogP contribution in [0.4, 0.5) is 4.39 Å². The molecule has 0 saturated heterocycles. The van der Waals surface area contributed by atoms with Crippen LogP contribution in [0.5, 0.6) is 0 Å². The second kappa shape index (κ2) is 6.63. The quantitative estimate of drug-likeness (QED) is 0.354. The summed E-state index contributed by atoms with van der Waals surface area (Å²) in [6.45, 7) is 5.63. The van der Waals surface area contributed by atoms with Crippen LogP contribution in [0.15, 0.2) is 12.7 Å². The highest BCUT2D eigenvalue weighted by Crippen LogP contribution is 2.20. The van der Waals surface area contributed by atoms with E-state index in [2.05, 4.69) is 6.58 Å². The number of hydrogen-bond acceptors (Lipinski definition) is 2. The molecule has 0 aliphatic rings. The number of ether oxygens (including phenoxy) is 1. The van der Waals surface area contributed by atoms with E-state index in [0.29, 0.717) is 19.4 Å². The van der Waals surface area contributed by atoms with Crippen LogP contribution in [0.3, 0.4) is 0 Å². The Labute approximate surface area is 85.9 Å². The van der Waals surface area contributed by atoms with Crippen LogP contribution in [-0.4, -0.2) is 26.0 Å². The van der Waals surface area contributed by atoms with Crippen molar-refractivity contribution >= 4 is 13.8 Å². The molecule has 0 spiro atoms. The van der Waals surface area contributed by atoms with E-state index in [0.717, 1.165) is 0 Å². The van der Waals surface area contributed by atoms with Gasteiger partial charge in [-0.2, -0.15) is 0 Å². The number of halogens is 1.